The predicted octanol–water partition coefficient (Wildman–Crippen LogP) is 9.05. The standard InChI is InChI=1S/C41H56O9/c1-5-6-7-8-27-46-38(42)25-26-39(43)48-30(4)29(3)47-35-19-17-34(18-20-35)41(45)50-37-23-21-36(22-24-37)49-40(44)33-15-13-32(14-16-33)31-11-9-28(2)10-12-31/h17-24,28-33H,5-16,25-27H2,1-4H3. The quantitative estimate of drug-likeness (QED) is 0.0910. The van der Waals surface area contributed by atoms with Gasteiger partial charge in [-0.2, -0.15) is 0 Å². The van der Waals surface area contributed by atoms with Gasteiger partial charge in [0.15, 0.2) is 0 Å². The van der Waals surface area contributed by atoms with Crippen LogP contribution in [0.1, 0.15) is 128 Å². The number of benzene rings is 2. The van der Waals surface area contributed by atoms with Crippen LogP contribution in [0.15, 0.2) is 48.5 Å². The molecule has 2 unspecified atom stereocenters. The van der Waals surface area contributed by atoms with Crippen molar-refractivity contribution in [2.75, 3.05) is 6.61 Å². The molecule has 0 aromatic heterocycles. The van der Waals surface area contributed by atoms with Crippen LogP contribution < -0.4 is 14.2 Å². The largest absolute Gasteiger partial charge is 0.487 e. The minimum Gasteiger partial charge on any atom is -0.487 e. The molecule has 2 aliphatic rings. The minimum absolute atomic E-state index is 0.0235. The van der Waals surface area contributed by atoms with E-state index in [0.717, 1.165) is 69.1 Å². The molecule has 274 valence electrons. The highest BCUT2D eigenvalue weighted by atomic mass is 16.6. The zero-order valence-electron chi connectivity index (χ0n) is 30.4. The molecule has 0 bridgehead atoms. The lowest BCUT2D eigenvalue weighted by Crippen LogP contribution is -2.31. The van der Waals surface area contributed by atoms with Crippen molar-refractivity contribution in [3.8, 4) is 17.2 Å². The van der Waals surface area contributed by atoms with E-state index in [1.807, 2.05) is 0 Å². The Balaban J connectivity index is 1.14. The highest BCUT2D eigenvalue weighted by Gasteiger charge is 2.33. The third-order valence-corrected chi connectivity index (χ3v) is 10.3. The molecule has 2 atom stereocenters. The second kappa shape index (κ2) is 20.1. The maximum Gasteiger partial charge on any atom is 0.343 e. The first-order valence-electron chi connectivity index (χ1n) is 18.8. The summed E-state index contributed by atoms with van der Waals surface area (Å²) in [6.07, 6.45) is 12.3. The molecule has 0 N–H and O–H groups in total. The van der Waals surface area contributed by atoms with E-state index in [0.29, 0.717) is 29.4 Å². The molecule has 2 aromatic rings. The Hall–Kier alpha value is -3.88. The second-order valence-electron chi connectivity index (χ2n) is 14.2. The van der Waals surface area contributed by atoms with Crippen LogP contribution in [0.5, 0.6) is 17.2 Å². The Morgan fingerprint density at radius 3 is 1.84 bits per heavy atom. The van der Waals surface area contributed by atoms with E-state index < -0.39 is 30.1 Å². The van der Waals surface area contributed by atoms with E-state index in [1.54, 1.807) is 62.4 Å². The molecule has 2 fully saturated rings. The third-order valence-electron chi connectivity index (χ3n) is 10.3. The van der Waals surface area contributed by atoms with E-state index in [-0.39, 0.29) is 24.7 Å². The molecule has 50 heavy (non-hydrogen) atoms. The minimum atomic E-state index is -0.565. The van der Waals surface area contributed by atoms with Crippen LogP contribution in [0, 0.1) is 23.7 Å². The summed E-state index contributed by atoms with van der Waals surface area (Å²) in [5, 5.41) is 0. The monoisotopic (exact) mass is 692 g/mol. The number of ether oxygens (including phenoxy) is 5. The van der Waals surface area contributed by atoms with Crippen LogP contribution in [0.2, 0.25) is 0 Å². The van der Waals surface area contributed by atoms with Gasteiger partial charge in [-0.3, -0.25) is 14.4 Å². The van der Waals surface area contributed by atoms with E-state index in [4.69, 9.17) is 23.7 Å². The Bertz CT molecular complexity index is 1350. The van der Waals surface area contributed by atoms with Crippen molar-refractivity contribution >= 4 is 23.9 Å². The number of carbonyl (C=O) groups is 4. The van der Waals surface area contributed by atoms with Crippen molar-refractivity contribution in [2.24, 2.45) is 23.7 Å². The number of hydrogen-bond acceptors (Lipinski definition) is 9. The van der Waals surface area contributed by atoms with Crippen LogP contribution in [0.25, 0.3) is 0 Å². The lowest BCUT2D eigenvalue weighted by Gasteiger charge is -2.36. The first-order chi connectivity index (χ1) is 24.1. The topological polar surface area (TPSA) is 114 Å². The van der Waals surface area contributed by atoms with Crippen molar-refractivity contribution in [3.63, 3.8) is 0 Å². The van der Waals surface area contributed by atoms with Gasteiger partial charge < -0.3 is 23.7 Å². The maximum absolute atomic E-state index is 12.9. The SMILES string of the molecule is CCCCCCOC(=O)CCC(=O)OC(C)C(C)Oc1ccc(C(=O)Oc2ccc(OC(=O)C3CCC(C4CCC(C)CC4)CC3)cc2)cc1. The summed E-state index contributed by atoms with van der Waals surface area (Å²) >= 11 is 0. The van der Waals surface area contributed by atoms with Gasteiger partial charge >= 0.3 is 23.9 Å². The molecule has 2 aromatic carbocycles. The predicted molar refractivity (Wildman–Crippen MR) is 190 cm³/mol. The second-order valence-corrected chi connectivity index (χ2v) is 14.2. The molecule has 0 radical (unpaired) electrons. The molecule has 0 saturated heterocycles. The molecular weight excluding hydrogens is 636 g/mol. The summed E-state index contributed by atoms with van der Waals surface area (Å²) in [5.74, 6) is 1.99. The van der Waals surface area contributed by atoms with Gasteiger partial charge in [-0.25, -0.2) is 4.79 Å². The van der Waals surface area contributed by atoms with Gasteiger partial charge in [-0.05, 0) is 125 Å². The Kier molecular flexibility index (Phi) is 15.6. The van der Waals surface area contributed by atoms with Gasteiger partial charge in [0.25, 0.3) is 0 Å². The van der Waals surface area contributed by atoms with E-state index >= 15 is 0 Å². The van der Waals surface area contributed by atoms with E-state index in [9.17, 15) is 19.2 Å². The number of hydrogen-bond donors (Lipinski definition) is 0. The smallest absolute Gasteiger partial charge is 0.343 e. The fraction of sp³-hybridized carbons (Fsp3) is 0.610. The first-order valence-corrected chi connectivity index (χ1v) is 18.8. The van der Waals surface area contributed by atoms with E-state index in [2.05, 4.69) is 13.8 Å². The summed E-state index contributed by atoms with van der Waals surface area (Å²) in [7, 11) is 0. The van der Waals surface area contributed by atoms with Gasteiger partial charge in [0.2, 0.25) is 0 Å². The molecule has 0 amide bonds. The van der Waals surface area contributed by atoms with Crippen molar-refractivity contribution in [2.45, 2.75) is 130 Å². The van der Waals surface area contributed by atoms with Crippen molar-refractivity contribution in [1.82, 2.24) is 0 Å². The van der Waals surface area contributed by atoms with Crippen LogP contribution in [-0.2, 0) is 23.9 Å². The van der Waals surface area contributed by atoms with Crippen molar-refractivity contribution in [1.29, 1.82) is 0 Å². The fourth-order valence-corrected chi connectivity index (χ4v) is 6.86. The number of rotatable bonds is 17. The molecule has 2 saturated carbocycles. The Labute approximate surface area is 297 Å². The number of esters is 4. The van der Waals surface area contributed by atoms with Gasteiger partial charge in [-0.1, -0.05) is 46.0 Å². The van der Waals surface area contributed by atoms with Crippen LogP contribution in [0.4, 0.5) is 0 Å². The number of unbranched alkanes of at least 4 members (excludes halogenated alkanes) is 3. The summed E-state index contributed by atoms with van der Waals surface area (Å²) in [4.78, 5) is 49.7. The third kappa shape index (κ3) is 12.8. The molecule has 2 aliphatic carbocycles. The van der Waals surface area contributed by atoms with Gasteiger partial charge in [0.05, 0.1) is 30.9 Å². The first kappa shape index (κ1) is 38.9. The summed E-state index contributed by atoms with van der Waals surface area (Å²) < 4.78 is 27.7. The zero-order valence-corrected chi connectivity index (χ0v) is 30.4. The van der Waals surface area contributed by atoms with Crippen LogP contribution in [-0.4, -0.2) is 42.7 Å². The molecular formula is C41H56O9. The Morgan fingerprint density at radius 1 is 0.660 bits per heavy atom. The summed E-state index contributed by atoms with van der Waals surface area (Å²) in [5.41, 5.74) is 0.329. The van der Waals surface area contributed by atoms with Crippen LogP contribution >= 0.6 is 0 Å². The molecule has 4 rings (SSSR count). The molecule has 0 aliphatic heterocycles. The summed E-state index contributed by atoms with van der Waals surface area (Å²) in [6.45, 7) is 8.33. The number of carbonyl (C=O) groups excluding carboxylic acids is 4. The zero-order chi connectivity index (χ0) is 35.9. The highest BCUT2D eigenvalue weighted by Crippen LogP contribution is 2.41. The fourth-order valence-electron chi connectivity index (χ4n) is 6.86. The summed E-state index contributed by atoms with van der Waals surface area (Å²) in [6, 6.07) is 13.0. The molecule has 9 heteroatoms. The maximum atomic E-state index is 12.9. The normalized spacial score (nSPS) is 21.7. The van der Waals surface area contributed by atoms with Gasteiger partial charge in [0.1, 0.15) is 29.5 Å². The van der Waals surface area contributed by atoms with Crippen molar-refractivity contribution in [3.05, 3.63) is 54.1 Å². The highest BCUT2D eigenvalue weighted by molar-refractivity contribution is 5.91. The van der Waals surface area contributed by atoms with Gasteiger partial charge in [-0.15, -0.1) is 0 Å². The van der Waals surface area contributed by atoms with Gasteiger partial charge in [0, 0.05) is 0 Å². The van der Waals surface area contributed by atoms with E-state index in [1.165, 1.54) is 25.7 Å². The van der Waals surface area contributed by atoms with Crippen LogP contribution in [0.3, 0.4) is 0 Å². The van der Waals surface area contributed by atoms with Crippen molar-refractivity contribution < 1.29 is 42.9 Å². The lowest BCUT2D eigenvalue weighted by atomic mass is 9.69. The average molecular weight is 693 g/mol. The lowest BCUT2D eigenvalue weighted by molar-refractivity contribution is -0.156. The molecule has 0 spiro atoms. The molecule has 9 nitrogen and oxygen atoms in total. The Morgan fingerprint density at radius 2 is 1.22 bits per heavy atom. The molecule has 0 heterocycles. The average Bonchev–Trinajstić information content (AvgIpc) is 3.12.